The van der Waals surface area contributed by atoms with E-state index in [1.165, 1.54) is 28.6 Å². The van der Waals surface area contributed by atoms with Crippen LogP contribution in [0, 0.1) is 5.82 Å². The number of hydrogen-bond acceptors (Lipinski definition) is 3. The minimum atomic E-state index is -0.455. The summed E-state index contributed by atoms with van der Waals surface area (Å²) in [5, 5.41) is 4.95. The molecular formula is C14H15ClFN3OS. The van der Waals surface area contributed by atoms with Crippen molar-refractivity contribution in [3.63, 3.8) is 0 Å². The van der Waals surface area contributed by atoms with Gasteiger partial charge in [-0.05, 0) is 38.1 Å². The summed E-state index contributed by atoms with van der Waals surface area (Å²) in [4.78, 5) is 14.6. The van der Waals surface area contributed by atoms with E-state index in [4.69, 9.17) is 11.6 Å². The highest BCUT2D eigenvalue weighted by Crippen LogP contribution is 2.29. The van der Waals surface area contributed by atoms with Crippen LogP contribution in [0.2, 0.25) is 5.02 Å². The molecule has 0 aliphatic rings. The normalized spacial score (nSPS) is 10.7. The molecule has 0 saturated heterocycles. The minimum Gasteiger partial charge on any atom is -0.323 e. The van der Waals surface area contributed by atoms with Gasteiger partial charge in [-0.2, -0.15) is 9.78 Å². The zero-order chi connectivity index (χ0) is 15.4. The summed E-state index contributed by atoms with van der Waals surface area (Å²) in [7, 11) is 0. The van der Waals surface area contributed by atoms with Crippen molar-refractivity contribution < 1.29 is 9.18 Å². The van der Waals surface area contributed by atoms with E-state index in [-0.39, 0.29) is 11.1 Å². The van der Waals surface area contributed by atoms with Crippen molar-refractivity contribution in [3.8, 4) is 0 Å². The number of hydrogen-bond donors (Lipinski definition) is 0. The maximum atomic E-state index is 13.1. The van der Waals surface area contributed by atoms with Gasteiger partial charge in [0.25, 0.3) is 0 Å². The van der Waals surface area contributed by atoms with E-state index in [1.807, 2.05) is 13.8 Å². The van der Waals surface area contributed by atoms with Crippen LogP contribution in [-0.4, -0.2) is 33.8 Å². The van der Waals surface area contributed by atoms with Gasteiger partial charge in [-0.25, -0.2) is 9.18 Å². The van der Waals surface area contributed by atoms with E-state index in [2.05, 4.69) is 5.10 Å². The van der Waals surface area contributed by atoms with E-state index in [0.717, 1.165) is 4.90 Å². The molecule has 1 aromatic heterocycles. The fourth-order valence-corrected chi connectivity index (χ4v) is 2.83. The van der Waals surface area contributed by atoms with E-state index < -0.39 is 5.82 Å². The van der Waals surface area contributed by atoms with E-state index >= 15 is 0 Å². The second-order valence-corrected chi connectivity index (χ2v) is 5.73. The number of carbonyl (C=O) groups excluding carboxylic acids is 1. The Morgan fingerprint density at radius 3 is 2.71 bits per heavy atom. The maximum absolute atomic E-state index is 13.1. The molecule has 4 nitrogen and oxygen atoms in total. The number of amides is 1. The molecule has 112 valence electrons. The summed E-state index contributed by atoms with van der Waals surface area (Å²) in [5.74, 6) is -0.455. The molecule has 0 atom stereocenters. The third kappa shape index (κ3) is 3.77. The average molecular weight is 328 g/mol. The number of benzene rings is 1. The molecular weight excluding hydrogens is 313 g/mol. The Labute approximate surface area is 131 Å². The summed E-state index contributed by atoms with van der Waals surface area (Å²) in [6, 6.07) is 6.04. The third-order valence-corrected chi connectivity index (χ3v) is 4.11. The Bertz CT molecular complexity index is 643. The Morgan fingerprint density at radius 2 is 2.10 bits per heavy atom. The van der Waals surface area contributed by atoms with Gasteiger partial charge in [0.05, 0.1) is 5.02 Å². The molecule has 1 heterocycles. The predicted molar refractivity (Wildman–Crippen MR) is 81.5 cm³/mol. The van der Waals surface area contributed by atoms with Crippen LogP contribution >= 0.6 is 23.4 Å². The van der Waals surface area contributed by atoms with Crippen LogP contribution in [0.4, 0.5) is 9.18 Å². The number of nitrogens with zero attached hydrogens (tertiary/aromatic N) is 3. The van der Waals surface area contributed by atoms with E-state index in [9.17, 15) is 9.18 Å². The van der Waals surface area contributed by atoms with Crippen LogP contribution in [-0.2, 0) is 0 Å². The molecule has 1 aromatic carbocycles. The number of rotatable bonds is 4. The first-order valence-corrected chi connectivity index (χ1v) is 7.72. The van der Waals surface area contributed by atoms with Crippen molar-refractivity contribution in [2.75, 3.05) is 13.1 Å². The Balaban J connectivity index is 2.12. The van der Waals surface area contributed by atoms with Gasteiger partial charge in [0.2, 0.25) is 0 Å². The molecule has 0 aliphatic heterocycles. The first-order chi connectivity index (χ1) is 10.0. The van der Waals surface area contributed by atoms with Crippen molar-refractivity contribution in [2.24, 2.45) is 0 Å². The van der Waals surface area contributed by atoms with Crippen molar-refractivity contribution in [1.82, 2.24) is 14.7 Å². The molecule has 0 saturated carbocycles. The topological polar surface area (TPSA) is 38.1 Å². The molecule has 7 heteroatoms. The summed E-state index contributed by atoms with van der Waals surface area (Å²) in [6.45, 7) is 5.10. The second-order valence-electron chi connectivity index (χ2n) is 4.23. The summed E-state index contributed by atoms with van der Waals surface area (Å²) < 4.78 is 14.4. The highest BCUT2D eigenvalue weighted by molar-refractivity contribution is 7.99. The molecule has 2 aromatic rings. The van der Waals surface area contributed by atoms with Gasteiger partial charge < -0.3 is 4.90 Å². The van der Waals surface area contributed by atoms with Gasteiger partial charge in [0, 0.05) is 24.2 Å². The molecule has 0 unspecified atom stereocenters. The van der Waals surface area contributed by atoms with Crippen LogP contribution in [0.1, 0.15) is 13.8 Å². The monoisotopic (exact) mass is 327 g/mol. The molecule has 0 bridgehead atoms. The zero-order valence-electron chi connectivity index (χ0n) is 11.7. The molecule has 0 N–H and O–H groups in total. The molecule has 1 amide bonds. The average Bonchev–Trinajstić information content (AvgIpc) is 2.92. The molecule has 21 heavy (non-hydrogen) atoms. The number of halogens is 2. The molecule has 0 spiro atoms. The number of aromatic nitrogens is 2. The van der Waals surface area contributed by atoms with Crippen LogP contribution < -0.4 is 0 Å². The standard InChI is InChI=1S/C14H15ClFN3OS/c1-3-18(4-2)14(20)19-8-7-13(17-19)21-10-5-6-12(16)11(15)9-10/h5-9H,3-4H2,1-2H3. The Hall–Kier alpha value is -1.53. The molecule has 0 aliphatic carbocycles. The van der Waals surface area contributed by atoms with Crippen molar-refractivity contribution >= 4 is 29.4 Å². The van der Waals surface area contributed by atoms with Gasteiger partial charge in [0.15, 0.2) is 0 Å². The Morgan fingerprint density at radius 1 is 1.38 bits per heavy atom. The van der Waals surface area contributed by atoms with Gasteiger partial charge in [0.1, 0.15) is 10.8 Å². The highest BCUT2D eigenvalue weighted by Gasteiger charge is 2.13. The highest BCUT2D eigenvalue weighted by atomic mass is 35.5. The smallest absolute Gasteiger partial charge is 0.323 e. The summed E-state index contributed by atoms with van der Waals surface area (Å²) in [6.07, 6.45) is 1.62. The maximum Gasteiger partial charge on any atom is 0.344 e. The summed E-state index contributed by atoms with van der Waals surface area (Å²) in [5.41, 5.74) is 0. The SMILES string of the molecule is CCN(CC)C(=O)n1ccc(Sc2ccc(F)c(Cl)c2)n1. The van der Waals surface area contributed by atoms with E-state index in [1.54, 1.807) is 23.2 Å². The predicted octanol–water partition coefficient (Wildman–Crippen LogP) is 4.14. The van der Waals surface area contributed by atoms with Gasteiger partial charge in [-0.3, -0.25) is 0 Å². The van der Waals surface area contributed by atoms with E-state index in [0.29, 0.717) is 18.1 Å². The van der Waals surface area contributed by atoms with Crippen molar-refractivity contribution in [2.45, 2.75) is 23.8 Å². The van der Waals surface area contributed by atoms with Crippen LogP contribution in [0.15, 0.2) is 40.4 Å². The fraction of sp³-hybridized carbons (Fsp3) is 0.286. The quantitative estimate of drug-likeness (QED) is 0.847. The van der Waals surface area contributed by atoms with Gasteiger partial charge in [-0.1, -0.05) is 23.4 Å². The van der Waals surface area contributed by atoms with Gasteiger partial charge in [-0.15, -0.1) is 0 Å². The van der Waals surface area contributed by atoms with Crippen molar-refractivity contribution in [1.29, 1.82) is 0 Å². The molecule has 0 radical (unpaired) electrons. The van der Waals surface area contributed by atoms with Crippen LogP contribution in [0.5, 0.6) is 0 Å². The zero-order valence-corrected chi connectivity index (χ0v) is 13.3. The largest absolute Gasteiger partial charge is 0.344 e. The Kier molecular flexibility index (Phi) is 5.25. The van der Waals surface area contributed by atoms with Gasteiger partial charge >= 0.3 is 6.03 Å². The lowest BCUT2D eigenvalue weighted by molar-refractivity contribution is 0.201. The summed E-state index contributed by atoms with van der Waals surface area (Å²) >= 11 is 7.06. The third-order valence-electron chi connectivity index (χ3n) is 2.91. The van der Waals surface area contributed by atoms with Crippen molar-refractivity contribution in [3.05, 3.63) is 41.3 Å². The minimum absolute atomic E-state index is 0.0682. The first-order valence-electron chi connectivity index (χ1n) is 6.53. The first kappa shape index (κ1) is 15.9. The fourth-order valence-electron chi connectivity index (χ4n) is 1.77. The molecule has 0 fully saturated rings. The second kappa shape index (κ2) is 6.95. The lowest BCUT2D eigenvalue weighted by Gasteiger charge is -2.17. The molecule has 2 rings (SSSR count). The lowest BCUT2D eigenvalue weighted by Crippen LogP contribution is -2.34. The van der Waals surface area contributed by atoms with Crippen LogP contribution in [0.3, 0.4) is 0 Å². The lowest BCUT2D eigenvalue weighted by atomic mass is 10.3. The van der Waals surface area contributed by atoms with Crippen LogP contribution in [0.25, 0.3) is 0 Å². The number of carbonyl (C=O) groups is 1.